The topological polar surface area (TPSA) is 65.5 Å². The van der Waals surface area contributed by atoms with Crippen molar-refractivity contribution in [2.45, 2.75) is 17.4 Å². The third kappa shape index (κ3) is 3.08. The van der Waals surface area contributed by atoms with Gasteiger partial charge in [0.25, 0.3) is 0 Å². The van der Waals surface area contributed by atoms with Crippen LogP contribution in [-0.4, -0.2) is 67.9 Å². The summed E-state index contributed by atoms with van der Waals surface area (Å²) in [5.41, 5.74) is 0. The molecule has 2 fully saturated rings. The summed E-state index contributed by atoms with van der Waals surface area (Å²) >= 11 is 0. The SMILES string of the molecule is O=S(=O)(c1cncc(F)c1)N1CCC(N2CCNCC2)C1. The second kappa shape index (κ2) is 5.96. The first-order valence-corrected chi connectivity index (χ1v) is 8.57. The number of nitrogens with zero attached hydrogens (tertiary/aromatic N) is 3. The average Bonchev–Trinajstić information content (AvgIpc) is 2.99. The number of hydrogen-bond donors (Lipinski definition) is 1. The summed E-state index contributed by atoms with van der Waals surface area (Å²) in [6.07, 6.45) is 3.03. The molecule has 8 heteroatoms. The van der Waals surface area contributed by atoms with E-state index in [4.69, 9.17) is 0 Å². The molecule has 1 aromatic heterocycles. The standard InChI is InChI=1S/C13H19FN4O2S/c14-11-7-13(9-16-8-11)21(19,20)18-4-1-12(10-18)17-5-2-15-3-6-17/h7-9,12,15H,1-6,10H2. The van der Waals surface area contributed by atoms with E-state index in [1.807, 2.05) is 0 Å². The molecule has 2 aliphatic heterocycles. The number of sulfonamides is 1. The van der Waals surface area contributed by atoms with Gasteiger partial charge in [0.15, 0.2) is 0 Å². The molecule has 2 saturated heterocycles. The van der Waals surface area contributed by atoms with Crippen LogP contribution < -0.4 is 5.32 Å². The Labute approximate surface area is 124 Å². The van der Waals surface area contributed by atoms with Crippen molar-refractivity contribution >= 4 is 10.0 Å². The van der Waals surface area contributed by atoms with Gasteiger partial charge in [-0.3, -0.25) is 9.88 Å². The fourth-order valence-corrected chi connectivity index (χ4v) is 4.42. The Morgan fingerprint density at radius 2 is 2.00 bits per heavy atom. The van der Waals surface area contributed by atoms with E-state index < -0.39 is 15.8 Å². The second-order valence-electron chi connectivity index (χ2n) is 5.43. The van der Waals surface area contributed by atoms with Gasteiger partial charge in [-0.25, -0.2) is 12.8 Å². The summed E-state index contributed by atoms with van der Waals surface area (Å²) in [6, 6.07) is 1.28. The highest BCUT2D eigenvalue weighted by Crippen LogP contribution is 2.23. The lowest BCUT2D eigenvalue weighted by molar-refractivity contribution is 0.179. The molecule has 21 heavy (non-hydrogen) atoms. The van der Waals surface area contributed by atoms with Crippen LogP contribution in [0.1, 0.15) is 6.42 Å². The van der Waals surface area contributed by atoms with Gasteiger partial charge >= 0.3 is 0 Å². The van der Waals surface area contributed by atoms with Crippen molar-refractivity contribution in [3.05, 3.63) is 24.3 Å². The zero-order chi connectivity index (χ0) is 14.9. The fourth-order valence-electron chi connectivity index (χ4n) is 2.96. The van der Waals surface area contributed by atoms with Gasteiger partial charge in [-0.1, -0.05) is 0 Å². The van der Waals surface area contributed by atoms with Crippen LogP contribution in [0.2, 0.25) is 0 Å². The van der Waals surface area contributed by atoms with Crippen molar-refractivity contribution in [3.8, 4) is 0 Å². The van der Waals surface area contributed by atoms with Gasteiger partial charge in [0, 0.05) is 51.5 Å². The molecule has 0 amide bonds. The minimum Gasteiger partial charge on any atom is -0.314 e. The molecule has 0 spiro atoms. The maximum atomic E-state index is 13.2. The Morgan fingerprint density at radius 3 is 2.71 bits per heavy atom. The lowest BCUT2D eigenvalue weighted by Crippen LogP contribution is -2.49. The van der Waals surface area contributed by atoms with Crippen molar-refractivity contribution in [3.63, 3.8) is 0 Å². The van der Waals surface area contributed by atoms with Crippen LogP contribution in [0.5, 0.6) is 0 Å². The number of aromatic nitrogens is 1. The summed E-state index contributed by atoms with van der Waals surface area (Å²) < 4.78 is 39.6. The smallest absolute Gasteiger partial charge is 0.244 e. The van der Waals surface area contributed by atoms with E-state index in [-0.39, 0.29) is 10.9 Å². The molecule has 0 radical (unpaired) electrons. The Kier molecular flexibility index (Phi) is 4.21. The Balaban J connectivity index is 1.72. The Hall–Kier alpha value is -1.09. The van der Waals surface area contributed by atoms with Crippen molar-refractivity contribution < 1.29 is 12.8 Å². The molecule has 0 saturated carbocycles. The normalized spacial score (nSPS) is 25.3. The van der Waals surface area contributed by atoms with E-state index in [1.165, 1.54) is 10.5 Å². The first-order chi connectivity index (χ1) is 10.1. The van der Waals surface area contributed by atoms with E-state index >= 15 is 0 Å². The molecule has 1 N–H and O–H groups in total. The van der Waals surface area contributed by atoms with Crippen LogP contribution in [0.4, 0.5) is 4.39 Å². The van der Waals surface area contributed by atoms with E-state index in [1.54, 1.807) is 0 Å². The quantitative estimate of drug-likeness (QED) is 0.843. The molecule has 1 aromatic rings. The number of nitrogens with one attached hydrogen (secondary N) is 1. The van der Waals surface area contributed by atoms with Crippen molar-refractivity contribution in [2.75, 3.05) is 39.3 Å². The minimum atomic E-state index is -3.64. The second-order valence-corrected chi connectivity index (χ2v) is 7.37. The molecular weight excluding hydrogens is 295 g/mol. The van der Waals surface area contributed by atoms with Gasteiger partial charge in [-0.15, -0.1) is 0 Å². The lowest BCUT2D eigenvalue weighted by Gasteiger charge is -2.32. The Morgan fingerprint density at radius 1 is 1.24 bits per heavy atom. The number of rotatable bonds is 3. The molecule has 1 atom stereocenters. The predicted octanol–water partition coefficient (Wildman–Crippen LogP) is -0.111. The third-order valence-corrected chi connectivity index (χ3v) is 5.94. The summed E-state index contributed by atoms with van der Waals surface area (Å²) in [6.45, 7) is 4.72. The number of piperazine rings is 1. The monoisotopic (exact) mass is 314 g/mol. The number of hydrogen-bond acceptors (Lipinski definition) is 5. The van der Waals surface area contributed by atoms with Gasteiger partial charge in [-0.2, -0.15) is 4.31 Å². The molecule has 3 heterocycles. The molecule has 0 bridgehead atoms. The molecule has 3 rings (SSSR count). The highest BCUT2D eigenvalue weighted by atomic mass is 32.2. The maximum Gasteiger partial charge on any atom is 0.244 e. The molecule has 6 nitrogen and oxygen atoms in total. The third-order valence-electron chi connectivity index (χ3n) is 4.11. The first kappa shape index (κ1) is 14.8. The first-order valence-electron chi connectivity index (χ1n) is 7.13. The number of pyridine rings is 1. The average molecular weight is 314 g/mol. The highest BCUT2D eigenvalue weighted by Gasteiger charge is 2.35. The molecule has 0 aliphatic carbocycles. The largest absolute Gasteiger partial charge is 0.314 e. The Bertz CT molecular complexity index is 604. The van der Waals surface area contributed by atoms with Crippen LogP contribution in [0.3, 0.4) is 0 Å². The summed E-state index contributed by atoms with van der Waals surface area (Å²) in [5, 5.41) is 3.29. The van der Waals surface area contributed by atoms with Gasteiger partial charge < -0.3 is 5.32 Å². The van der Waals surface area contributed by atoms with Crippen molar-refractivity contribution in [1.29, 1.82) is 0 Å². The van der Waals surface area contributed by atoms with E-state index in [9.17, 15) is 12.8 Å². The number of halogens is 1. The molecule has 0 aromatic carbocycles. The summed E-state index contributed by atoms with van der Waals surface area (Å²) in [7, 11) is -3.64. The van der Waals surface area contributed by atoms with Crippen LogP contribution in [-0.2, 0) is 10.0 Å². The van der Waals surface area contributed by atoms with Gasteiger partial charge in [-0.05, 0) is 12.5 Å². The lowest BCUT2D eigenvalue weighted by atomic mass is 10.2. The summed E-state index contributed by atoms with van der Waals surface area (Å²) in [4.78, 5) is 5.89. The summed E-state index contributed by atoms with van der Waals surface area (Å²) in [5.74, 6) is -0.631. The van der Waals surface area contributed by atoms with E-state index in [2.05, 4.69) is 15.2 Å². The fraction of sp³-hybridized carbons (Fsp3) is 0.615. The molecule has 116 valence electrons. The maximum absolute atomic E-state index is 13.2. The molecule has 1 unspecified atom stereocenters. The van der Waals surface area contributed by atoms with Gasteiger partial charge in [0.2, 0.25) is 10.0 Å². The van der Waals surface area contributed by atoms with Crippen LogP contribution >= 0.6 is 0 Å². The van der Waals surface area contributed by atoms with Crippen molar-refractivity contribution in [2.24, 2.45) is 0 Å². The van der Waals surface area contributed by atoms with Gasteiger partial charge in [0.05, 0.1) is 6.20 Å². The van der Waals surface area contributed by atoms with Crippen molar-refractivity contribution in [1.82, 2.24) is 19.5 Å². The zero-order valence-corrected chi connectivity index (χ0v) is 12.5. The van der Waals surface area contributed by atoms with Crippen LogP contribution in [0, 0.1) is 5.82 Å². The van der Waals surface area contributed by atoms with Crippen LogP contribution in [0.25, 0.3) is 0 Å². The molecule has 2 aliphatic rings. The van der Waals surface area contributed by atoms with Gasteiger partial charge in [0.1, 0.15) is 10.7 Å². The van der Waals surface area contributed by atoms with Crippen LogP contribution in [0.15, 0.2) is 23.4 Å². The zero-order valence-electron chi connectivity index (χ0n) is 11.7. The van der Waals surface area contributed by atoms with E-state index in [0.717, 1.165) is 44.9 Å². The predicted molar refractivity (Wildman–Crippen MR) is 75.8 cm³/mol. The minimum absolute atomic E-state index is 0.0662. The van der Waals surface area contributed by atoms with E-state index in [0.29, 0.717) is 13.1 Å². The molecular formula is C13H19FN4O2S. The highest BCUT2D eigenvalue weighted by molar-refractivity contribution is 7.89.